The Morgan fingerprint density at radius 3 is 2.31 bits per heavy atom. The third-order valence-corrected chi connectivity index (χ3v) is 6.93. The highest BCUT2D eigenvalue weighted by Gasteiger charge is 2.22. The van der Waals surface area contributed by atoms with Crippen LogP contribution < -0.4 is 10.6 Å². The Morgan fingerprint density at radius 1 is 1.14 bits per heavy atom. The van der Waals surface area contributed by atoms with Gasteiger partial charge in [0.25, 0.3) is 5.91 Å². The van der Waals surface area contributed by atoms with Crippen molar-refractivity contribution < 1.29 is 22.9 Å². The quantitative estimate of drug-likeness (QED) is 0.651. The van der Waals surface area contributed by atoms with Crippen molar-refractivity contribution in [1.82, 2.24) is 4.31 Å². The Labute approximate surface area is 172 Å². The van der Waals surface area contributed by atoms with Gasteiger partial charge in [-0.05, 0) is 43.7 Å². The van der Waals surface area contributed by atoms with Crippen LogP contribution in [0.5, 0.6) is 0 Å². The van der Waals surface area contributed by atoms with Crippen molar-refractivity contribution in [1.29, 1.82) is 0 Å². The van der Waals surface area contributed by atoms with E-state index in [4.69, 9.17) is 0 Å². The standard InChI is InChI=1S/C21H28FN3O3S/c1-5-25(6-2)29(27,28)19-11-8-17(9-12-19)16(4)23-14-21(26)24-18-10-7-15(3)20(22)13-18/h7-13,16,23H,5-6,14H2,1-4H3,(H,24,26)/p+1/t16-/m1/s1. The molecule has 0 aliphatic heterocycles. The minimum absolute atomic E-state index is 0.0410. The molecule has 0 heterocycles. The maximum Gasteiger partial charge on any atom is 0.279 e. The molecule has 6 nitrogen and oxygen atoms in total. The second-order valence-corrected chi connectivity index (χ2v) is 8.84. The van der Waals surface area contributed by atoms with Gasteiger partial charge in [0, 0.05) is 24.3 Å². The van der Waals surface area contributed by atoms with Crippen LogP contribution in [-0.4, -0.2) is 38.3 Å². The summed E-state index contributed by atoms with van der Waals surface area (Å²) in [6.07, 6.45) is 0. The molecule has 2 rings (SSSR count). The molecular weight excluding hydrogens is 393 g/mol. The molecule has 2 aromatic rings. The lowest BCUT2D eigenvalue weighted by Crippen LogP contribution is -2.86. The van der Waals surface area contributed by atoms with Crippen LogP contribution in [-0.2, 0) is 14.8 Å². The highest BCUT2D eigenvalue weighted by atomic mass is 32.2. The molecule has 2 aromatic carbocycles. The van der Waals surface area contributed by atoms with Gasteiger partial charge in [0.05, 0.1) is 4.90 Å². The fraction of sp³-hybridized carbons (Fsp3) is 0.381. The molecule has 0 bridgehead atoms. The minimum atomic E-state index is -3.48. The Hall–Kier alpha value is -2.29. The summed E-state index contributed by atoms with van der Waals surface area (Å²) in [6, 6.07) is 11.3. The predicted octanol–water partition coefficient (Wildman–Crippen LogP) is 2.43. The highest BCUT2D eigenvalue weighted by Crippen LogP contribution is 2.18. The Morgan fingerprint density at radius 2 is 1.76 bits per heavy atom. The van der Waals surface area contributed by atoms with Crippen molar-refractivity contribution in [2.24, 2.45) is 0 Å². The molecule has 29 heavy (non-hydrogen) atoms. The van der Waals surface area contributed by atoms with Crippen molar-refractivity contribution in [2.75, 3.05) is 25.0 Å². The van der Waals surface area contributed by atoms with Crippen molar-refractivity contribution in [2.45, 2.75) is 38.6 Å². The fourth-order valence-electron chi connectivity index (χ4n) is 2.96. The Balaban J connectivity index is 1.96. The number of aryl methyl sites for hydroxylation is 1. The number of nitrogens with zero attached hydrogens (tertiary/aromatic N) is 1. The summed E-state index contributed by atoms with van der Waals surface area (Å²) in [7, 11) is -3.48. The van der Waals surface area contributed by atoms with Gasteiger partial charge < -0.3 is 10.6 Å². The topological polar surface area (TPSA) is 83.1 Å². The average molecular weight is 423 g/mol. The molecule has 0 unspecified atom stereocenters. The van der Waals surface area contributed by atoms with Gasteiger partial charge in [-0.2, -0.15) is 4.31 Å². The molecule has 0 fully saturated rings. The van der Waals surface area contributed by atoms with E-state index in [1.54, 1.807) is 43.3 Å². The molecule has 0 saturated heterocycles. The average Bonchev–Trinajstić information content (AvgIpc) is 2.70. The van der Waals surface area contributed by atoms with Gasteiger partial charge in [-0.25, -0.2) is 12.8 Å². The number of quaternary nitrogens is 1. The van der Waals surface area contributed by atoms with Crippen molar-refractivity contribution >= 4 is 21.6 Å². The van der Waals surface area contributed by atoms with E-state index in [0.717, 1.165) is 5.56 Å². The highest BCUT2D eigenvalue weighted by molar-refractivity contribution is 7.89. The van der Waals surface area contributed by atoms with Crippen molar-refractivity contribution in [3.8, 4) is 0 Å². The van der Waals surface area contributed by atoms with E-state index in [1.807, 2.05) is 26.1 Å². The molecule has 0 aromatic heterocycles. The number of halogens is 1. The molecular formula is C21H29FN3O3S+. The molecule has 3 N–H and O–H groups in total. The van der Waals surface area contributed by atoms with E-state index in [0.29, 0.717) is 24.3 Å². The smallest absolute Gasteiger partial charge is 0.279 e. The lowest BCUT2D eigenvalue weighted by Gasteiger charge is -2.19. The van der Waals surface area contributed by atoms with Gasteiger partial charge in [-0.3, -0.25) is 4.79 Å². The number of nitrogens with one attached hydrogen (secondary N) is 1. The van der Waals surface area contributed by atoms with E-state index in [-0.39, 0.29) is 29.2 Å². The molecule has 0 aliphatic carbocycles. The van der Waals surface area contributed by atoms with E-state index >= 15 is 0 Å². The zero-order chi connectivity index (χ0) is 21.6. The number of carbonyl (C=O) groups excluding carboxylic acids is 1. The first-order valence-corrected chi connectivity index (χ1v) is 11.1. The number of rotatable bonds is 9. The summed E-state index contributed by atoms with van der Waals surface area (Å²) in [5.74, 6) is -0.597. The largest absolute Gasteiger partial charge is 0.333 e. The Kier molecular flexibility index (Phi) is 7.89. The molecule has 0 spiro atoms. The summed E-state index contributed by atoms with van der Waals surface area (Å²) in [4.78, 5) is 12.4. The molecule has 8 heteroatoms. The zero-order valence-corrected chi connectivity index (χ0v) is 18.1. The van der Waals surface area contributed by atoms with Gasteiger partial charge in [-0.15, -0.1) is 0 Å². The zero-order valence-electron chi connectivity index (χ0n) is 17.3. The van der Waals surface area contributed by atoms with Crippen LogP contribution in [0.4, 0.5) is 10.1 Å². The van der Waals surface area contributed by atoms with E-state index in [9.17, 15) is 17.6 Å². The molecule has 1 atom stereocenters. The number of amides is 1. The number of sulfonamides is 1. The maximum absolute atomic E-state index is 13.6. The summed E-state index contributed by atoms with van der Waals surface area (Å²) in [6.45, 7) is 8.22. The number of hydrogen-bond acceptors (Lipinski definition) is 3. The van der Waals surface area contributed by atoms with E-state index in [2.05, 4.69) is 5.32 Å². The van der Waals surface area contributed by atoms with Crippen LogP contribution in [0.2, 0.25) is 0 Å². The lowest BCUT2D eigenvalue weighted by atomic mass is 10.1. The van der Waals surface area contributed by atoms with Crippen LogP contribution >= 0.6 is 0 Å². The van der Waals surface area contributed by atoms with Crippen LogP contribution in [0.15, 0.2) is 47.4 Å². The normalized spacial score (nSPS) is 12.8. The second kappa shape index (κ2) is 9.96. The lowest BCUT2D eigenvalue weighted by molar-refractivity contribution is -0.682. The number of anilines is 1. The van der Waals surface area contributed by atoms with Crippen LogP contribution in [0.1, 0.15) is 37.9 Å². The first kappa shape index (κ1) is 23.0. The van der Waals surface area contributed by atoms with E-state index in [1.165, 1.54) is 10.4 Å². The van der Waals surface area contributed by atoms with Crippen LogP contribution in [0.3, 0.4) is 0 Å². The third-order valence-electron chi connectivity index (χ3n) is 4.86. The molecule has 0 aliphatic rings. The summed E-state index contributed by atoms with van der Waals surface area (Å²) >= 11 is 0. The SMILES string of the molecule is CCN(CC)S(=O)(=O)c1ccc([C@@H](C)[NH2+]CC(=O)Nc2ccc(C)c(F)c2)cc1. The monoisotopic (exact) mass is 422 g/mol. The van der Waals surface area contributed by atoms with Gasteiger partial charge in [0.15, 0.2) is 6.54 Å². The van der Waals surface area contributed by atoms with Gasteiger partial charge in [0.1, 0.15) is 11.9 Å². The van der Waals surface area contributed by atoms with Crippen molar-refractivity contribution in [3.05, 3.63) is 59.4 Å². The first-order valence-electron chi connectivity index (χ1n) is 9.68. The van der Waals surface area contributed by atoms with Gasteiger partial charge in [-0.1, -0.05) is 32.0 Å². The van der Waals surface area contributed by atoms with Crippen LogP contribution in [0.25, 0.3) is 0 Å². The summed E-state index contributed by atoms with van der Waals surface area (Å²) < 4.78 is 40.1. The molecule has 0 saturated carbocycles. The fourth-order valence-corrected chi connectivity index (χ4v) is 4.42. The number of nitrogens with two attached hydrogens (primary N) is 1. The third kappa shape index (κ3) is 5.85. The van der Waals surface area contributed by atoms with Gasteiger partial charge >= 0.3 is 0 Å². The Bertz CT molecular complexity index is 942. The van der Waals surface area contributed by atoms with E-state index < -0.39 is 10.0 Å². The summed E-state index contributed by atoms with van der Waals surface area (Å²) in [5.41, 5.74) is 1.86. The van der Waals surface area contributed by atoms with Crippen LogP contribution in [0, 0.1) is 12.7 Å². The molecule has 0 radical (unpaired) electrons. The van der Waals surface area contributed by atoms with Gasteiger partial charge in [0.2, 0.25) is 10.0 Å². The summed E-state index contributed by atoms with van der Waals surface area (Å²) in [5, 5.41) is 4.52. The minimum Gasteiger partial charge on any atom is -0.333 e. The second-order valence-electron chi connectivity index (χ2n) is 6.90. The molecule has 158 valence electrons. The number of benzene rings is 2. The predicted molar refractivity (Wildman–Crippen MR) is 112 cm³/mol. The van der Waals surface area contributed by atoms with Crippen molar-refractivity contribution in [3.63, 3.8) is 0 Å². The molecule has 1 amide bonds. The maximum atomic E-state index is 13.6. The first-order chi connectivity index (χ1) is 13.7. The number of carbonyl (C=O) groups is 1. The number of hydrogen-bond donors (Lipinski definition) is 2.